The van der Waals surface area contributed by atoms with Gasteiger partial charge in [0, 0.05) is 17.0 Å². The molecular weight excluding hydrogens is 374 g/mol. The zero-order valence-electron chi connectivity index (χ0n) is 17.0. The number of nitrogens with zero attached hydrogens (tertiary/aromatic N) is 1. The van der Waals surface area contributed by atoms with E-state index in [4.69, 9.17) is 0 Å². The quantitative estimate of drug-likeness (QED) is 0.237. The summed E-state index contributed by atoms with van der Waals surface area (Å²) in [6.07, 6.45) is 4.26. The number of hydrogen-bond donors (Lipinski definition) is 0. The van der Waals surface area contributed by atoms with Crippen LogP contribution in [-0.2, 0) is 12.8 Å². The van der Waals surface area contributed by atoms with Crippen LogP contribution in [0.15, 0.2) is 91.1 Å². The standard InChI is InChI=1S/C30H19N/c1-2-7-21-18(6-1)16-19-11-12-20-17-25-24(29(20)28(19)21)14-13-23-22-8-3-4-9-26(22)31-15-5-10-27(31)30(23)25/h1-15H,16-17H2. The molecule has 0 saturated heterocycles. The molecule has 144 valence electrons. The monoisotopic (exact) mass is 393 g/mol. The van der Waals surface area contributed by atoms with Gasteiger partial charge < -0.3 is 4.40 Å². The summed E-state index contributed by atoms with van der Waals surface area (Å²) in [5, 5.41) is 4.11. The van der Waals surface area contributed by atoms with E-state index in [1.165, 1.54) is 71.7 Å². The second-order valence-electron chi connectivity index (χ2n) is 8.94. The van der Waals surface area contributed by atoms with Crippen molar-refractivity contribution in [2.45, 2.75) is 12.8 Å². The fourth-order valence-electron chi connectivity index (χ4n) is 6.20. The van der Waals surface area contributed by atoms with Gasteiger partial charge in [0.25, 0.3) is 0 Å². The maximum atomic E-state index is 2.39. The highest BCUT2D eigenvalue weighted by atomic mass is 14.9. The molecule has 31 heavy (non-hydrogen) atoms. The number of rotatable bonds is 0. The molecule has 8 rings (SSSR count). The molecule has 0 fully saturated rings. The zero-order chi connectivity index (χ0) is 20.1. The van der Waals surface area contributed by atoms with Crippen LogP contribution in [-0.4, -0.2) is 4.40 Å². The van der Waals surface area contributed by atoms with Crippen molar-refractivity contribution in [3.63, 3.8) is 0 Å². The fourth-order valence-corrected chi connectivity index (χ4v) is 6.20. The highest BCUT2D eigenvalue weighted by Gasteiger charge is 2.30. The van der Waals surface area contributed by atoms with Crippen molar-refractivity contribution in [2.75, 3.05) is 0 Å². The van der Waals surface area contributed by atoms with Crippen LogP contribution in [0.2, 0.25) is 0 Å². The van der Waals surface area contributed by atoms with Crippen LogP contribution in [0.1, 0.15) is 22.3 Å². The first kappa shape index (κ1) is 15.9. The number of para-hydroxylation sites is 1. The van der Waals surface area contributed by atoms with E-state index in [1.54, 1.807) is 0 Å². The Hall–Kier alpha value is -3.84. The van der Waals surface area contributed by atoms with Gasteiger partial charge in [-0.2, -0.15) is 0 Å². The highest BCUT2D eigenvalue weighted by Crippen LogP contribution is 2.51. The van der Waals surface area contributed by atoms with Crippen LogP contribution in [0.25, 0.3) is 49.4 Å². The largest absolute Gasteiger partial charge is 0.316 e. The molecule has 0 saturated carbocycles. The van der Waals surface area contributed by atoms with Crippen LogP contribution >= 0.6 is 0 Å². The van der Waals surface area contributed by atoms with E-state index in [0.717, 1.165) is 12.8 Å². The average Bonchev–Trinajstić information content (AvgIpc) is 3.53. The normalized spacial score (nSPS) is 13.5. The van der Waals surface area contributed by atoms with Gasteiger partial charge in [-0.15, -0.1) is 0 Å². The van der Waals surface area contributed by atoms with Gasteiger partial charge in [-0.05, 0) is 80.9 Å². The maximum absolute atomic E-state index is 2.39. The van der Waals surface area contributed by atoms with Crippen LogP contribution in [0.4, 0.5) is 0 Å². The number of benzene rings is 4. The fraction of sp³-hybridized carbons (Fsp3) is 0.0667. The lowest BCUT2D eigenvalue weighted by Crippen LogP contribution is -1.93. The molecular formula is C30H19N. The Morgan fingerprint density at radius 1 is 0.516 bits per heavy atom. The predicted molar refractivity (Wildman–Crippen MR) is 129 cm³/mol. The Kier molecular flexibility index (Phi) is 2.80. The first-order chi connectivity index (χ1) is 15.4. The molecule has 0 radical (unpaired) electrons. The molecule has 0 atom stereocenters. The zero-order valence-corrected chi connectivity index (χ0v) is 17.0. The summed E-state index contributed by atoms with van der Waals surface area (Å²) >= 11 is 0. The average molecular weight is 393 g/mol. The number of aromatic nitrogens is 1. The van der Waals surface area contributed by atoms with Gasteiger partial charge in [-0.25, -0.2) is 0 Å². The number of fused-ring (bicyclic) bond motifs is 14. The lowest BCUT2D eigenvalue weighted by Gasteiger charge is -2.14. The van der Waals surface area contributed by atoms with Crippen LogP contribution in [0, 0.1) is 0 Å². The third-order valence-corrected chi connectivity index (χ3v) is 7.45. The summed E-state index contributed by atoms with van der Waals surface area (Å²) in [7, 11) is 0. The van der Waals surface area contributed by atoms with E-state index in [-0.39, 0.29) is 0 Å². The molecule has 2 aliphatic carbocycles. The number of pyridine rings is 1. The van der Waals surface area contributed by atoms with Crippen molar-refractivity contribution in [1.82, 2.24) is 4.40 Å². The second-order valence-corrected chi connectivity index (χ2v) is 8.94. The Bertz CT molecular complexity index is 1730. The van der Waals surface area contributed by atoms with E-state index < -0.39 is 0 Å². The molecule has 1 heteroatoms. The lowest BCUT2D eigenvalue weighted by molar-refractivity contribution is 1.24. The minimum Gasteiger partial charge on any atom is -0.316 e. The lowest BCUT2D eigenvalue weighted by atomic mass is 9.92. The van der Waals surface area contributed by atoms with E-state index >= 15 is 0 Å². The van der Waals surface area contributed by atoms with Gasteiger partial charge >= 0.3 is 0 Å². The van der Waals surface area contributed by atoms with E-state index in [2.05, 4.69) is 95.5 Å². The predicted octanol–water partition coefficient (Wildman–Crippen LogP) is 7.39. The topological polar surface area (TPSA) is 4.41 Å². The van der Waals surface area contributed by atoms with Crippen molar-refractivity contribution >= 4 is 27.2 Å². The Balaban J connectivity index is 1.53. The molecule has 0 amide bonds. The van der Waals surface area contributed by atoms with Crippen molar-refractivity contribution < 1.29 is 0 Å². The second kappa shape index (κ2) is 5.44. The Morgan fingerprint density at radius 2 is 1.29 bits per heavy atom. The molecule has 0 spiro atoms. The first-order valence-corrected chi connectivity index (χ1v) is 11.1. The first-order valence-electron chi connectivity index (χ1n) is 11.1. The highest BCUT2D eigenvalue weighted by molar-refractivity contribution is 6.16. The smallest absolute Gasteiger partial charge is 0.0538 e. The third kappa shape index (κ3) is 1.88. The van der Waals surface area contributed by atoms with Crippen molar-refractivity contribution in [3.05, 3.63) is 113 Å². The minimum absolute atomic E-state index is 1.01. The SMILES string of the molecule is c1ccc2c(c1)Cc1ccc3c(c1-2)-c1ccc2c4ccccc4n4cccc4c2c1C3. The molecule has 0 bridgehead atoms. The van der Waals surface area contributed by atoms with Crippen molar-refractivity contribution in [3.8, 4) is 22.3 Å². The summed E-state index contributed by atoms with van der Waals surface area (Å²) < 4.78 is 2.36. The molecule has 2 heterocycles. The Morgan fingerprint density at radius 3 is 2.26 bits per heavy atom. The third-order valence-electron chi connectivity index (χ3n) is 7.45. The molecule has 0 aliphatic heterocycles. The molecule has 1 nitrogen and oxygen atoms in total. The summed E-state index contributed by atoms with van der Waals surface area (Å²) in [5.74, 6) is 0. The van der Waals surface area contributed by atoms with E-state index in [0.29, 0.717) is 0 Å². The van der Waals surface area contributed by atoms with Crippen LogP contribution in [0.3, 0.4) is 0 Å². The van der Waals surface area contributed by atoms with Crippen LogP contribution < -0.4 is 0 Å². The molecule has 0 unspecified atom stereocenters. The summed E-state index contributed by atoms with van der Waals surface area (Å²) in [5.41, 5.74) is 14.3. The molecule has 0 N–H and O–H groups in total. The molecule has 6 aromatic rings. The minimum atomic E-state index is 1.01. The Labute approximate surface area is 180 Å². The van der Waals surface area contributed by atoms with Crippen molar-refractivity contribution in [2.24, 2.45) is 0 Å². The van der Waals surface area contributed by atoms with Crippen molar-refractivity contribution in [1.29, 1.82) is 0 Å². The van der Waals surface area contributed by atoms with Gasteiger partial charge in [0.1, 0.15) is 0 Å². The maximum Gasteiger partial charge on any atom is 0.0538 e. The van der Waals surface area contributed by atoms with Gasteiger partial charge in [-0.3, -0.25) is 0 Å². The summed E-state index contributed by atoms with van der Waals surface area (Å²) in [6, 6.07) is 31.7. The van der Waals surface area contributed by atoms with E-state index in [9.17, 15) is 0 Å². The summed E-state index contributed by atoms with van der Waals surface area (Å²) in [6.45, 7) is 0. The number of hydrogen-bond acceptors (Lipinski definition) is 0. The molecule has 2 aromatic heterocycles. The summed E-state index contributed by atoms with van der Waals surface area (Å²) in [4.78, 5) is 0. The van der Waals surface area contributed by atoms with Gasteiger partial charge in [0.05, 0.1) is 11.0 Å². The van der Waals surface area contributed by atoms with Gasteiger partial charge in [-0.1, -0.05) is 66.7 Å². The van der Waals surface area contributed by atoms with Gasteiger partial charge in [0.15, 0.2) is 0 Å². The van der Waals surface area contributed by atoms with Gasteiger partial charge in [0.2, 0.25) is 0 Å². The van der Waals surface area contributed by atoms with E-state index in [1.807, 2.05) is 0 Å². The van der Waals surface area contributed by atoms with Crippen LogP contribution in [0.5, 0.6) is 0 Å². The molecule has 2 aliphatic rings. The molecule has 4 aromatic carbocycles.